The summed E-state index contributed by atoms with van der Waals surface area (Å²) in [6, 6.07) is 89.6. The van der Waals surface area contributed by atoms with Gasteiger partial charge in [0, 0.05) is 0 Å². The summed E-state index contributed by atoms with van der Waals surface area (Å²) in [7, 11) is 0. The summed E-state index contributed by atoms with van der Waals surface area (Å²) in [6.45, 7) is 0. The molecule has 0 N–H and O–H groups in total. The van der Waals surface area contributed by atoms with E-state index in [9.17, 15) is 0 Å². The quantitative estimate of drug-likeness (QED) is 0.130. The molecule has 0 amide bonds. The molecule has 0 fully saturated rings. The topological polar surface area (TPSA) is 0 Å². The van der Waals surface area contributed by atoms with Crippen LogP contribution in [0.4, 0.5) is 0 Å². The van der Waals surface area contributed by atoms with Crippen molar-refractivity contribution in [3.05, 3.63) is 311 Å². The molecule has 2 atom stereocenters. The van der Waals surface area contributed by atoms with Crippen molar-refractivity contribution in [1.29, 1.82) is 0 Å². The van der Waals surface area contributed by atoms with Crippen LogP contribution in [0.5, 0.6) is 0 Å². The molecule has 0 nitrogen and oxygen atoms in total. The van der Waals surface area contributed by atoms with Crippen LogP contribution >= 0.6 is 0 Å². The predicted molar refractivity (Wildman–Crippen MR) is 248 cm³/mol. The van der Waals surface area contributed by atoms with Gasteiger partial charge >= 0.3 is 0 Å². The molecule has 0 heteroatoms. The Morgan fingerprint density at radius 1 is 0.254 bits per heavy atom. The maximum atomic E-state index is 2.56. The normalized spacial score (nSPS) is 18.7. The van der Waals surface area contributed by atoms with Crippen molar-refractivity contribution in [2.45, 2.75) is 16.2 Å². The SMILES string of the molecule is C1=CC(c2ccccc2)(C(c2ccccc2)(c2ccccc2)C2(c3ccccc3)C=CC(c3ccccc3)=C2c2ccccc2)C(c2ccccc2)=C1c1ccccc1. The monoisotopic (exact) mass is 752 g/mol. The molecule has 59 heavy (non-hydrogen) atoms. The van der Waals surface area contributed by atoms with Crippen molar-refractivity contribution in [3.63, 3.8) is 0 Å². The summed E-state index contributed by atoms with van der Waals surface area (Å²) in [6.07, 6.45) is 9.97. The van der Waals surface area contributed by atoms with Gasteiger partial charge < -0.3 is 0 Å². The average Bonchev–Trinajstić information content (AvgIpc) is 3.94. The van der Waals surface area contributed by atoms with Crippen LogP contribution < -0.4 is 0 Å². The lowest BCUT2D eigenvalue weighted by atomic mass is 9.39. The van der Waals surface area contributed by atoms with Gasteiger partial charge in [-0.25, -0.2) is 0 Å². The Morgan fingerprint density at radius 3 is 0.814 bits per heavy atom. The minimum Gasteiger partial charge on any atom is -0.0677 e. The highest BCUT2D eigenvalue weighted by atomic mass is 14.7. The Bertz CT molecular complexity index is 2600. The molecule has 0 aromatic heterocycles. The van der Waals surface area contributed by atoms with E-state index in [-0.39, 0.29) is 0 Å². The van der Waals surface area contributed by atoms with E-state index < -0.39 is 16.2 Å². The average molecular weight is 753 g/mol. The zero-order valence-electron chi connectivity index (χ0n) is 32.9. The van der Waals surface area contributed by atoms with Gasteiger partial charge in [-0.3, -0.25) is 0 Å². The van der Waals surface area contributed by atoms with Crippen molar-refractivity contribution >= 4 is 22.3 Å². The molecule has 0 saturated carbocycles. The van der Waals surface area contributed by atoms with Crippen LogP contribution in [-0.4, -0.2) is 0 Å². The standard InChI is InChI=1S/C59H44/c1-9-25-45(26-10-1)53-41-43-57(49-33-17-5-18-34-49,55(53)47-29-13-3-14-30-47)59(51-37-21-7-22-38-51,52-39-23-8-24-40-52)58(50-35-19-6-20-36-50)44-42-54(46-27-11-2-12-28-46)56(58)48-31-15-4-16-32-48/h1-44H. The second-order valence-corrected chi connectivity index (χ2v) is 15.5. The largest absolute Gasteiger partial charge is 0.0677 e. The molecular formula is C59H44. The van der Waals surface area contributed by atoms with Gasteiger partial charge in [0.05, 0.1) is 16.2 Å². The smallest absolute Gasteiger partial charge is 0.0549 e. The van der Waals surface area contributed by atoms with Crippen LogP contribution in [0, 0.1) is 0 Å². The summed E-state index contributed by atoms with van der Waals surface area (Å²) in [4.78, 5) is 0. The number of allylic oxidation sites excluding steroid dienone is 8. The summed E-state index contributed by atoms with van der Waals surface area (Å²) in [5, 5.41) is 0. The van der Waals surface area contributed by atoms with Crippen LogP contribution in [-0.2, 0) is 16.2 Å². The molecule has 8 aromatic rings. The Hall–Kier alpha value is -7.28. The number of benzene rings is 8. The maximum Gasteiger partial charge on any atom is 0.0549 e. The van der Waals surface area contributed by atoms with Crippen molar-refractivity contribution < 1.29 is 0 Å². The number of hydrogen-bond acceptors (Lipinski definition) is 0. The van der Waals surface area contributed by atoms with Crippen LogP contribution in [0.25, 0.3) is 22.3 Å². The van der Waals surface area contributed by atoms with Gasteiger partial charge in [-0.15, -0.1) is 0 Å². The first-order valence-electron chi connectivity index (χ1n) is 20.6. The van der Waals surface area contributed by atoms with Gasteiger partial charge in [-0.2, -0.15) is 0 Å². The highest BCUT2D eigenvalue weighted by Crippen LogP contribution is 2.72. The van der Waals surface area contributed by atoms with Crippen molar-refractivity contribution in [1.82, 2.24) is 0 Å². The van der Waals surface area contributed by atoms with Crippen LogP contribution in [0.3, 0.4) is 0 Å². The van der Waals surface area contributed by atoms with Crippen LogP contribution in [0.1, 0.15) is 44.5 Å². The van der Waals surface area contributed by atoms with E-state index in [1.54, 1.807) is 0 Å². The lowest BCUT2D eigenvalue weighted by Crippen LogP contribution is -2.61. The molecule has 2 unspecified atom stereocenters. The Morgan fingerprint density at radius 2 is 0.508 bits per heavy atom. The predicted octanol–water partition coefficient (Wildman–Crippen LogP) is 14.2. The Labute approximate surface area is 348 Å². The van der Waals surface area contributed by atoms with E-state index in [0.717, 1.165) is 0 Å². The third-order valence-electron chi connectivity index (χ3n) is 12.7. The van der Waals surface area contributed by atoms with Gasteiger partial charge in [0.2, 0.25) is 0 Å². The lowest BCUT2D eigenvalue weighted by molar-refractivity contribution is 0.305. The van der Waals surface area contributed by atoms with E-state index in [1.807, 2.05) is 0 Å². The van der Waals surface area contributed by atoms with Gasteiger partial charge in [-0.05, 0) is 66.8 Å². The van der Waals surface area contributed by atoms with E-state index >= 15 is 0 Å². The summed E-state index contributed by atoms with van der Waals surface area (Å²) < 4.78 is 0. The molecule has 0 radical (unpaired) electrons. The van der Waals surface area contributed by atoms with Gasteiger partial charge in [0.15, 0.2) is 0 Å². The molecular weight excluding hydrogens is 709 g/mol. The van der Waals surface area contributed by atoms with E-state index in [2.05, 4.69) is 267 Å². The molecule has 0 saturated heterocycles. The van der Waals surface area contributed by atoms with Gasteiger partial charge in [-0.1, -0.05) is 267 Å². The van der Waals surface area contributed by atoms with Crippen LogP contribution in [0.2, 0.25) is 0 Å². The first kappa shape index (κ1) is 36.1. The summed E-state index contributed by atoms with van der Waals surface area (Å²) >= 11 is 0. The second kappa shape index (κ2) is 15.2. The van der Waals surface area contributed by atoms with E-state index in [1.165, 1.54) is 66.8 Å². The molecule has 2 aliphatic carbocycles. The van der Waals surface area contributed by atoms with Crippen molar-refractivity contribution in [2.24, 2.45) is 0 Å². The third-order valence-corrected chi connectivity index (χ3v) is 12.7. The highest BCUT2D eigenvalue weighted by Gasteiger charge is 2.68. The molecule has 0 spiro atoms. The zero-order chi connectivity index (χ0) is 39.5. The second-order valence-electron chi connectivity index (χ2n) is 15.5. The number of rotatable bonds is 10. The van der Waals surface area contributed by atoms with Crippen molar-refractivity contribution in [2.75, 3.05) is 0 Å². The fourth-order valence-electron chi connectivity index (χ4n) is 10.6. The fraction of sp³-hybridized carbons (Fsp3) is 0.0508. The van der Waals surface area contributed by atoms with E-state index in [0.29, 0.717) is 0 Å². The maximum absolute atomic E-state index is 2.56. The van der Waals surface area contributed by atoms with Crippen molar-refractivity contribution in [3.8, 4) is 0 Å². The molecule has 2 aliphatic rings. The fourth-order valence-corrected chi connectivity index (χ4v) is 10.6. The minimum absolute atomic E-state index is 0.810. The van der Waals surface area contributed by atoms with Gasteiger partial charge in [0.1, 0.15) is 0 Å². The lowest BCUT2D eigenvalue weighted by Gasteiger charge is -2.60. The van der Waals surface area contributed by atoms with E-state index in [4.69, 9.17) is 0 Å². The first-order chi connectivity index (χ1) is 29.3. The first-order valence-corrected chi connectivity index (χ1v) is 20.6. The highest BCUT2D eigenvalue weighted by molar-refractivity contribution is 6.10. The molecule has 0 bridgehead atoms. The number of hydrogen-bond donors (Lipinski definition) is 0. The Balaban J connectivity index is 1.51. The Kier molecular flexibility index (Phi) is 9.32. The third kappa shape index (κ3) is 5.59. The minimum atomic E-state index is -0.873. The van der Waals surface area contributed by atoms with Gasteiger partial charge in [0.25, 0.3) is 0 Å². The van der Waals surface area contributed by atoms with Crippen LogP contribution in [0.15, 0.2) is 267 Å². The molecule has 0 heterocycles. The zero-order valence-corrected chi connectivity index (χ0v) is 32.9. The summed E-state index contributed by atoms with van der Waals surface area (Å²) in [5.74, 6) is 0. The molecule has 10 rings (SSSR count). The molecule has 280 valence electrons. The molecule has 0 aliphatic heterocycles. The molecule has 8 aromatic carbocycles. The summed E-state index contributed by atoms with van der Waals surface area (Å²) in [5.41, 5.74) is 12.1.